The molecule has 1 N–H and O–H groups in total. The molecule has 3 aromatic rings. The van der Waals surface area contributed by atoms with Gasteiger partial charge in [0.25, 0.3) is 0 Å². The summed E-state index contributed by atoms with van der Waals surface area (Å²) in [6.07, 6.45) is 2.47. The van der Waals surface area contributed by atoms with E-state index >= 15 is 0 Å². The van der Waals surface area contributed by atoms with Crippen LogP contribution in [-0.4, -0.2) is 53.5 Å². The second kappa shape index (κ2) is 13.5. The number of fused-ring (bicyclic) bond motifs is 1. The summed E-state index contributed by atoms with van der Waals surface area (Å²) in [7, 11) is 1.66. The van der Waals surface area contributed by atoms with Crippen LogP contribution in [-0.2, 0) is 17.4 Å². The van der Waals surface area contributed by atoms with Gasteiger partial charge in [-0.25, -0.2) is 0 Å². The minimum Gasteiger partial charge on any atom is -0.497 e. The minimum atomic E-state index is -4.32. The van der Waals surface area contributed by atoms with Crippen LogP contribution < -0.4 is 4.74 Å². The summed E-state index contributed by atoms with van der Waals surface area (Å²) in [6, 6.07) is 13.3. The smallest absolute Gasteiger partial charge is 0.416 e. The number of alkyl halides is 3. The summed E-state index contributed by atoms with van der Waals surface area (Å²) in [4.78, 5) is 19.2. The number of carboxylic acid groups (broad SMARTS) is 1. The lowest BCUT2D eigenvalue weighted by Gasteiger charge is -2.38. The highest BCUT2D eigenvalue weighted by Crippen LogP contribution is 2.33. The van der Waals surface area contributed by atoms with E-state index in [1.165, 1.54) is 17.7 Å². The van der Waals surface area contributed by atoms with Gasteiger partial charge in [-0.2, -0.15) is 13.2 Å². The van der Waals surface area contributed by atoms with Crippen LogP contribution in [0.2, 0.25) is 0 Å². The fourth-order valence-electron chi connectivity index (χ4n) is 5.49. The maximum absolute atomic E-state index is 12.7. The van der Waals surface area contributed by atoms with E-state index < -0.39 is 17.7 Å². The normalized spacial score (nSPS) is 18.4. The predicted octanol–water partition coefficient (Wildman–Crippen LogP) is 7.18. The van der Waals surface area contributed by atoms with Crippen LogP contribution in [0, 0.1) is 11.8 Å². The monoisotopic (exact) mass is 560 g/mol. The summed E-state index contributed by atoms with van der Waals surface area (Å²) in [6.45, 7) is 2.58. The molecule has 1 aliphatic heterocycles. The Hall–Kier alpha value is -2.78. The maximum atomic E-state index is 12.7. The van der Waals surface area contributed by atoms with Crippen molar-refractivity contribution in [3.8, 4) is 5.75 Å². The summed E-state index contributed by atoms with van der Waals surface area (Å²) < 4.78 is 43.6. The Morgan fingerprint density at radius 1 is 1.13 bits per heavy atom. The molecular formula is C30H35F3N2O3S. The number of aliphatic carboxylic acids is 1. The van der Waals surface area contributed by atoms with E-state index in [1.54, 1.807) is 18.9 Å². The first-order valence-electron chi connectivity index (χ1n) is 13.4. The number of benzene rings is 2. The standard InChI is InChI=1S/C30H35F3N2O3S/c1-38-25-8-11-28-27(19-25)22(12-14-34-28)5-2-4-21-13-16-35(20-23(21)18-29(36)37)15-3-17-39-26-9-6-24(7-10-26)30(31,32)33/h6-12,14,19,21,23H,2-5,13,15-18,20H2,1H3,(H,36,37)/t21-,23+/m1/s1. The van der Waals surface area contributed by atoms with Crippen molar-refractivity contribution in [2.45, 2.75) is 49.6 Å². The Labute approximate surface area is 231 Å². The molecule has 5 nitrogen and oxygen atoms in total. The molecule has 4 rings (SSSR count). The van der Waals surface area contributed by atoms with Crippen LogP contribution in [0.5, 0.6) is 5.75 Å². The molecule has 0 spiro atoms. The number of rotatable bonds is 12. The number of carboxylic acids is 1. The summed E-state index contributed by atoms with van der Waals surface area (Å²) in [5.41, 5.74) is 1.55. The van der Waals surface area contributed by atoms with Crippen LogP contribution in [0.15, 0.2) is 59.6 Å². The topological polar surface area (TPSA) is 62.7 Å². The first kappa shape index (κ1) is 29.2. The van der Waals surface area contributed by atoms with Crippen molar-refractivity contribution in [2.75, 3.05) is 32.5 Å². The number of aryl methyl sites for hydroxylation is 1. The second-order valence-electron chi connectivity index (χ2n) is 10.2. The molecule has 1 aromatic heterocycles. The van der Waals surface area contributed by atoms with Gasteiger partial charge in [-0.05, 0) is 117 Å². The van der Waals surface area contributed by atoms with E-state index in [1.807, 2.05) is 24.4 Å². The van der Waals surface area contributed by atoms with E-state index in [0.717, 1.165) is 91.2 Å². The number of halogens is 3. The molecule has 1 saturated heterocycles. The lowest BCUT2D eigenvalue weighted by molar-refractivity contribution is -0.139. The molecule has 2 heterocycles. The Morgan fingerprint density at radius 2 is 1.92 bits per heavy atom. The zero-order valence-corrected chi connectivity index (χ0v) is 22.9. The van der Waals surface area contributed by atoms with E-state index in [4.69, 9.17) is 4.74 Å². The molecule has 1 fully saturated rings. The number of pyridine rings is 1. The van der Waals surface area contributed by atoms with Crippen molar-refractivity contribution in [1.29, 1.82) is 0 Å². The number of piperidine rings is 1. The van der Waals surface area contributed by atoms with E-state index in [-0.39, 0.29) is 12.3 Å². The number of aromatic nitrogens is 1. The number of nitrogens with zero attached hydrogens (tertiary/aromatic N) is 2. The molecule has 2 aromatic carbocycles. The van der Waals surface area contributed by atoms with Crippen LogP contribution in [0.25, 0.3) is 10.9 Å². The number of thioether (sulfide) groups is 1. The molecule has 0 radical (unpaired) electrons. The first-order valence-corrected chi connectivity index (χ1v) is 14.4. The van der Waals surface area contributed by atoms with Crippen molar-refractivity contribution >= 4 is 28.6 Å². The molecule has 0 unspecified atom stereocenters. The van der Waals surface area contributed by atoms with Crippen LogP contribution in [0.4, 0.5) is 13.2 Å². The molecule has 39 heavy (non-hydrogen) atoms. The Morgan fingerprint density at radius 3 is 2.64 bits per heavy atom. The molecule has 0 bridgehead atoms. The van der Waals surface area contributed by atoms with Crippen molar-refractivity contribution < 1.29 is 27.8 Å². The third kappa shape index (κ3) is 8.35. The fourth-order valence-corrected chi connectivity index (χ4v) is 6.33. The van der Waals surface area contributed by atoms with Gasteiger partial charge in [-0.15, -0.1) is 11.8 Å². The van der Waals surface area contributed by atoms with E-state index in [9.17, 15) is 23.1 Å². The van der Waals surface area contributed by atoms with Crippen LogP contribution in [0.3, 0.4) is 0 Å². The Kier molecular flexibility index (Phi) is 10.1. The van der Waals surface area contributed by atoms with Gasteiger partial charge in [-0.3, -0.25) is 9.78 Å². The average molecular weight is 561 g/mol. The highest BCUT2D eigenvalue weighted by Gasteiger charge is 2.31. The van der Waals surface area contributed by atoms with Gasteiger partial charge in [0.05, 0.1) is 18.2 Å². The first-order chi connectivity index (χ1) is 18.7. The van der Waals surface area contributed by atoms with Gasteiger partial charge in [0.1, 0.15) is 5.75 Å². The molecule has 1 aliphatic rings. The van der Waals surface area contributed by atoms with Crippen molar-refractivity contribution in [2.24, 2.45) is 11.8 Å². The van der Waals surface area contributed by atoms with Crippen molar-refractivity contribution in [1.82, 2.24) is 9.88 Å². The average Bonchev–Trinajstić information content (AvgIpc) is 2.91. The van der Waals surface area contributed by atoms with Crippen molar-refractivity contribution in [3.05, 3.63) is 65.9 Å². The number of hydrogen-bond acceptors (Lipinski definition) is 5. The van der Waals surface area contributed by atoms with Gasteiger partial charge in [-0.1, -0.05) is 0 Å². The summed E-state index contributed by atoms with van der Waals surface area (Å²) >= 11 is 1.55. The third-order valence-electron chi connectivity index (χ3n) is 7.54. The zero-order valence-electron chi connectivity index (χ0n) is 22.1. The molecule has 210 valence electrons. The largest absolute Gasteiger partial charge is 0.497 e. The lowest BCUT2D eigenvalue weighted by Crippen LogP contribution is -2.41. The van der Waals surface area contributed by atoms with Gasteiger partial charge in [0, 0.05) is 29.4 Å². The maximum Gasteiger partial charge on any atom is 0.416 e. The van der Waals surface area contributed by atoms with Gasteiger partial charge in [0.2, 0.25) is 0 Å². The number of likely N-dealkylation sites (tertiary alicyclic amines) is 1. The van der Waals surface area contributed by atoms with Gasteiger partial charge >= 0.3 is 12.1 Å². The Balaban J connectivity index is 1.25. The quantitative estimate of drug-likeness (QED) is 0.187. The molecule has 0 aliphatic carbocycles. The van der Waals surface area contributed by atoms with Gasteiger partial charge < -0.3 is 14.7 Å². The lowest BCUT2D eigenvalue weighted by atomic mass is 9.80. The van der Waals surface area contributed by atoms with Crippen LogP contribution in [0.1, 0.15) is 43.2 Å². The fraction of sp³-hybridized carbons (Fsp3) is 0.467. The van der Waals surface area contributed by atoms with Crippen LogP contribution >= 0.6 is 11.8 Å². The third-order valence-corrected chi connectivity index (χ3v) is 8.64. The number of carbonyl (C=O) groups is 1. The zero-order chi connectivity index (χ0) is 27.8. The SMILES string of the molecule is COc1ccc2nccc(CCC[C@@H]3CCN(CCCSc4ccc(C(F)(F)F)cc4)C[C@@H]3CC(=O)O)c2c1. The molecular weight excluding hydrogens is 525 g/mol. The molecule has 9 heteroatoms. The predicted molar refractivity (Wildman–Crippen MR) is 148 cm³/mol. The molecule has 2 atom stereocenters. The van der Waals surface area contributed by atoms with Crippen molar-refractivity contribution in [3.63, 3.8) is 0 Å². The number of methoxy groups -OCH3 is 1. The Bertz CT molecular complexity index is 1240. The second-order valence-corrected chi connectivity index (χ2v) is 11.3. The number of hydrogen-bond donors (Lipinski definition) is 1. The van der Waals surface area contributed by atoms with E-state index in [0.29, 0.717) is 5.92 Å². The molecule has 0 amide bonds. The highest BCUT2D eigenvalue weighted by molar-refractivity contribution is 7.99. The summed E-state index contributed by atoms with van der Waals surface area (Å²) in [5, 5.41) is 10.6. The summed E-state index contributed by atoms with van der Waals surface area (Å²) in [5.74, 6) is 1.36. The van der Waals surface area contributed by atoms with E-state index in [2.05, 4.69) is 16.0 Å². The van der Waals surface area contributed by atoms with Gasteiger partial charge in [0.15, 0.2) is 0 Å². The molecule has 0 saturated carbocycles. The minimum absolute atomic E-state index is 0.119. The number of ether oxygens (including phenoxy) is 1. The highest BCUT2D eigenvalue weighted by atomic mass is 32.2.